The average Bonchev–Trinajstić information content (AvgIpc) is 2.88. The van der Waals surface area contributed by atoms with Gasteiger partial charge in [-0.15, -0.1) is 0 Å². The predicted molar refractivity (Wildman–Crippen MR) is 83.5 cm³/mol. The second-order valence-electron chi connectivity index (χ2n) is 5.05. The van der Waals surface area contributed by atoms with Gasteiger partial charge in [-0.3, -0.25) is 0 Å². The second-order valence-corrected chi connectivity index (χ2v) is 5.86. The molecule has 2 N–H and O–H groups in total. The van der Waals surface area contributed by atoms with Crippen LogP contribution in [0.5, 0.6) is 0 Å². The maximum atomic E-state index is 6.16. The van der Waals surface area contributed by atoms with Crippen molar-refractivity contribution in [3.8, 4) is 0 Å². The lowest BCUT2D eigenvalue weighted by Gasteiger charge is -2.13. The standard InChI is InChI=1S/C14H21Cl2N3/c1-2-17-13-11(15)9-12(16)14(19-13)18-8-7-10-5-3-4-6-10/h9-10H,2-8H2,1H3,(H2,17,18,19). The third-order valence-corrected chi connectivity index (χ3v) is 4.17. The maximum Gasteiger partial charge on any atom is 0.147 e. The Kier molecular flexibility index (Phi) is 5.59. The third kappa shape index (κ3) is 4.15. The Labute approximate surface area is 125 Å². The lowest BCUT2D eigenvalue weighted by atomic mass is 10.0. The summed E-state index contributed by atoms with van der Waals surface area (Å²) in [7, 11) is 0. The third-order valence-electron chi connectivity index (χ3n) is 3.59. The van der Waals surface area contributed by atoms with E-state index in [0.29, 0.717) is 15.9 Å². The van der Waals surface area contributed by atoms with Gasteiger partial charge in [-0.1, -0.05) is 48.9 Å². The first kappa shape index (κ1) is 14.7. The summed E-state index contributed by atoms with van der Waals surface area (Å²) in [6.45, 7) is 3.72. The summed E-state index contributed by atoms with van der Waals surface area (Å²) in [4.78, 5) is 4.44. The van der Waals surface area contributed by atoms with Crippen LogP contribution in [0.25, 0.3) is 0 Å². The highest BCUT2D eigenvalue weighted by molar-refractivity contribution is 6.37. The molecule has 1 aromatic rings. The number of nitrogens with one attached hydrogen (secondary N) is 2. The van der Waals surface area contributed by atoms with Crippen molar-refractivity contribution >= 4 is 34.8 Å². The van der Waals surface area contributed by atoms with Gasteiger partial charge in [0.05, 0.1) is 10.0 Å². The van der Waals surface area contributed by atoms with E-state index in [0.717, 1.165) is 24.8 Å². The quantitative estimate of drug-likeness (QED) is 0.791. The fraction of sp³-hybridized carbons (Fsp3) is 0.643. The molecule has 0 aliphatic heterocycles. The first-order chi connectivity index (χ1) is 9.20. The van der Waals surface area contributed by atoms with Crippen LogP contribution in [0.15, 0.2) is 6.07 Å². The zero-order chi connectivity index (χ0) is 13.7. The van der Waals surface area contributed by atoms with Gasteiger partial charge >= 0.3 is 0 Å². The van der Waals surface area contributed by atoms with Crippen LogP contribution in [0, 0.1) is 5.92 Å². The number of hydrogen-bond donors (Lipinski definition) is 2. The van der Waals surface area contributed by atoms with Crippen molar-refractivity contribution in [3.05, 3.63) is 16.1 Å². The van der Waals surface area contributed by atoms with E-state index < -0.39 is 0 Å². The Morgan fingerprint density at radius 1 is 1.16 bits per heavy atom. The minimum absolute atomic E-state index is 0.563. The Morgan fingerprint density at radius 2 is 1.79 bits per heavy atom. The van der Waals surface area contributed by atoms with Gasteiger partial charge in [0.15, 0.2) is 0 Å². The van der Waals surface area contributed by atoms with Crippen LogP contribution in [0.1, 0.15) is 39.0 Å². The van der Waals surface area contributed by atoms with Crippen molar-refractivity contribution in [3.63, 3.8) is 0 Å². The van der Waals surface area contributed by atoms with E-state index in [-0.39, 0.29) is 0 Å². The molecule has 0 unspecified atom stereocenters. The molecule has 1 heterocycles. The molecule has 1 aliphatic rings. The van der Waals surface area contributed by atoms with Crippen molar-refractivity contribution in [2.24, 2.45) is 5.92 Å². The molecule has 1 aromatic heterocycles. The van der Waals surface area contributed by atoms with Gasteiger partial charge in [-0.05, 0) is 25.3 Å². The molecule has 106 valence electrons. The van der Waals surface area contributed by atoms with Crippen LogP contribution in [0.2, 0.25) is 10.0 Å². The van der Waals surface area contributed by atoms with E-state index in [1.807, 2.05) is 6.92 Å². The van der Waals surface area contributed by atoms with Crippen LogP contribution in [-0.4, -0.2) is 18.1 Å². The summed E-state index contributed by atoms with van der Waals surface area (Å²) in [5.74, 6) is 2.28. The molecule has 0 aromatic carbocycles. The fourth-order valence-electron chi connectivity index (χ4n) is 2.58. The second kappa shape index (κ2) is 7.20. The van der Waals surface area contributed by atoms with Gasteiger partial charge in [0.25, 0.3) is 0 Å². The summed E-state index contributed by atoms with van der Waals surface area (Å²) in [6, 6.07) is 1.74. The summed E-state index contributed by atoms with van der Waals surface area (Å²) in [5, 5.41) is 7.60. The number of pyridine rings is 1. The number of aromatic nitrogens is 1. The summed E-state index contributed by atoms with van der Waals surface area (Å²) < 4.78 is 0. The number of halogens is 2. The first-order valence-corrected chi connectivity index (χ1v) is 7.80. The molecule has 0 saturated heterocycles. The first-order valence-electron chi connectivity index (χ1n) is 7.04. The minimum atomic E-state index is 0.563. The molecule has 1 aliphatic carbocycles. The molecule has 19 heavy (non-hydrogen) atoms. The monoisotopic (exact) mass is 301 g/mol. The van der Waals surface area contributed by atoms with Crippen molar-refractivity contribution in [2.45, 2.75) is 39.0 Å². The minimum Gasteiger partial charge on any atom is -0.369 e. The molecule has 0 amide bonds. The molecule has 0 bridgehead atoms. The molecule has 1 saturated carbocycles. The van der Waals surface area contributed by atoms with Gasteiger partial charge in [-0.25, -0.2) is 4.98 Å². The summed E-state index contributed by atoms with van der Waals surface area (Å²) in [5.41, 5.74) is 0. The molecule has 2 rings (SSSR count). The van der Waals surface area contributed by atoms with Gasteiger partial charge in [0, 0.05) is 13.1 Å². The lowest BCUT2D eigenvalue weighted by Crippen LogP contribution is -2.09. The number of hydrogen-bond acceptors (Lipinski definition) is 3. The smallest absolute Gasteiger partial charge is 0.147 e. The van der Waals surface area contributed by atoms with Gasteiger partial charge in [0.1, 0.15) is 11.6 Å². The molecular weight excluding hydrogens is 281 g/mol. The summed E-state index contributed by atoms with van der Waals surface area (Å²) in [6.07, 6.45) is 6.69. The highest BCUT2D eigenvalue weighted by atomic mass is 35.5. The summed E-state index contributed by atoms with van der Waals surface area (Å²) >= 11 is 12.2. The Bertz CT molecular complexity index is 417. The fourth-order valence-corrected chi connectivity index (χ4v) is 3.07. The van der Waals surface area contributed by atoms with E-state index in [4.69, 9.17) is 23.2 Å². The van der Waals surface area contributed by atoms with E-state index in [1.54, 1.807) is 6.07 Å². The molecule has 1 fully saturated rings. The van der Waals surface area contributed by atoms with E-state index in [1.165, 1.54) is 32.1 Å². The highest BCUT2D eigenvalue weighted by Gasteiger charge is 2.15. The zero-order valence-electron chi connectivity index (χ0n) is 11.3. The molecule has 5 heteroatoms. The van der Waals surface area contributed by atoms with Gasteiger partial charge in [-0.2, -0.15) is 0 Å². The van der Waals surface area contributed by atoms with Crippen LogP contribution in [-0.2, 0) is 0 Å². The lowest BCUT2D eigenvalue weighted by molar-refractivity contribution is 0.518. The maximum absolute atomic E-state index is 6.16. The van der Waals surface area contributed by atoms with Crippen LogP contribution < -0.4 is 10.6 Å². The van der Waals surface area contributed by atoms with E-state index in [9.17, 15) is 0 Å². The average molecular weight is 302 g/mol. The molecular formula is C14H21Cl2N3. The van der Waals surface area contributed by atoms with Gasteiger partial charge < -0.3 is 10.6 Å². The van der Waals surface area contributed by atoms with E-state index >= 15 is 0 Å². The topological polar surface area (TPSA) is 37.0 Å². The number of nitrogens with zero attached hydrogens (tertiary/aromatic N) is 1. The Hall–Kier alpha value is -0.670. The molecule has 0 atom stereocenters. The molecule has 0 spiro atoms. The van der Waals surface area contributed by atoms with Crippen molar-refractivity contribution in [1.29, 1.82) is 0 Å². The SMILES string of the molecule is CCNc1nc(NCCC2CCCC2)c(Cl)cc1Cl. The highest BCUT2D eigenvalue weighted by Crippen LogP contribution is 2.30. The number of rotatable bonds is 6. The zero-order valence-corrected chi connectivity index (χ0v) is 12.8. The van der Waals surface area contributed by atoms with E-state index in [2.05, 4.69) is 15.6 Å². The van der Waals surface area contributed by atoms with Crippen LogP contribution >= 0.6 is 23.2 Å². The van der Waals surface area contributed by atoms with Crippen molar-refractivity contribution < 1.29 is 0 Å². The molecule has 3 nitrogen and oxygen atoms in total. The number of anilines is 2. The Morgan fingerprint density at radius 3 is 2.42 bits per heavy atom. The predicted octanol–water partition coefficient (Wildman–Crippen LogP) is 4.81. The van der Waals surface area contributed by atoms with Crippen LogP contribution in [0.3, 0.4) is 0 Å². The molecule has 0 radical (unpaired) electrons. The Balaban J connectivity index is 1.92. The normalized spacial score (nSPS) is 15.7. The van der Waals surface area contributed by atoms with Crippen LogP contribution in [0.4, 0.5) is 11.6 Å². The van der Waals surface area contributed by atoms with Crippen molar-refractivity contribution in [2.75, 3.05) is 23.7 Å². The largest absolute Gasteiger partial charge is 0.369 e. The van der Waals surface area contributed by atoms with Crippen molar-refractivity contribution in [1.82, 2.24) is 4.98 Å². The van der Waals surface area contributed by atoms with Gasteiger partial charge in [0.2, 0.25) is 0 Å².